The number of nitrogens with one attached hydrogen (secondary N) is 1. The minimum absolute atomic E-state index is 0.848. The predicted octanol–water partition coefficient (Wildman–Crippen LogP) is 1.93. The van der Waals surface area contributed by atoms with Gasteiger partial charge in [-0.15, -0.1) is 0 Å². The number of hydrogen-bond acceptors (Lipinski definition) is 3. The van der Waals surface area contributed by atoms with Crippen molar-refractivity contribution in [3.63, 3.8) is 0 Å². The van der Waals surface area contributed by atoms with Crippen molar-refractivity contribution in [2.24, 2.45) is 0 Å². The van der Waals surface area contributed by atoms with Gasteiger partial charge in [0.1, 0.15) is 11.6 Å². The number of nitrogens with zero attached hydrogens (tertiary/aromatic N) is 3. The quantitative estimate of drug-likeness (QED) is 0.849. The SMILES string of the molecule is CCc1nccn1Cc1ccnc(NC)c1. The Balaban J connectivity index is 2.20. The van der Waals surface area contributed by atoms with E-state index in [0.29, 0.717) is 0 Å². The molecule has 0 amide bonds. The van der Waals surface area contributed by atoms with Crippen molar-refractivity contribution in [3.05, 3.63) is 42.1 Å². The van der Waals surface area contributed by atoms with Crippen LogP contribution in [0.2, 0.25) is 0 Å². The molecular formula is C12H16N4. The molecule has 0 unspecified atom stereocenters. The molecule has 0 atom stereocenters. The highest BCUT2D eigenvalue weighted by atomic mass is 15.1. The molecule has 0 bridgehead atoms. The third-order valence-corrected chi connectivity index (χ3v) is 2.55. The van der Waals surface area contributed by atoms with Crippen LogP contribution < -0.4 is 5.32 Å². The summed E-state index contributed by atoms with van der Waals surface area (Å²) < 4.78 is 2.16. The van der Waals surface area contributed by atoms with E-state index in [-0.39, 0.29) is 0 Å². The van der Waals surface area contributed by atoms with Crippen LogP contribution in [0.5, 0.6) is 0 Å². The molecule has 2 aromatic rings. The van der Waals surface area contributed by atoms with Crippen LogP contribution in [0.15, 0.2) is 30.7 Å². The Morgan fingerprint density at radius 1 is 1.31 bits per heavy atom. The fraction of sp³-hybridized carbons (Fsp3) is 0.333. The van der Waals surface area contributed by atoms with Crippen LogP contribution in [0, 0.1) is 0 Å². The summed E-state index contributed by atoms with van der Waals surface area (Å²) >= 11 is 0. The first-order valence-corrected chi connectivity index (χ1v) is 5.46. The molecule has 0 aliphatic carbocycles. The number of pyridine rings is 1. The van der Waals surface area contributed by atoms with Crippen LogP contribution in [0.4, 0.5) is 5.82 Å². The van der Waals surface area contributed by atoms with Gasteiger partial charge in [-0.25, -0.2) is 9.97 Å². The summed E-state index contributed by atoms with van der Waals surface area (Å²) in [6.07, 6.45) is 6.64. The molecule has 0 spiro atoms. The van der Waals surface area contributed by atoms with Gasteiger partial charge in [0.15, 0.2) is 0 Å². The summed E-state index contributed by atoms with van der Waals surface area (Å²) in [5, 5.41) is 3.04. The zero-order chi connectivity index (χ0) is 11.4. The second kappa shape index (κ2) is 4.79. The average molecular weight is 216 g/mol. The van der Waals surface area contributed by atoms with Crippen molar-refractivity contribution in [1.82, 2.24) is 14.5 Å². The molecule has 2 rings (SSSR count). The van der Waals surface area contributed by atoms with Crippen LogP contribution in [0.1, 0.15) is 18.3 Å². The minimum Gasteiger partial charge on any atom is -0.373 e. The summed E-state index contributed by atoms with van der Waals surface area (Å²) in [4.78, 5) is 8.50. The lowest BCUT2D eigenvalue weighted by molar-refractivity contribution is 0.731. The molecule has 16 heavy (non-hydrogen) atoms. The molecule has 0 aliphatic heterocycles. The number of aromatic nitrogens is 3. The number of rotatable bonds is 4. The summed E-state index contributed by atoms with van der Waals surface area (Å²) in [7, 11) is 1.88. The van der Waals surface area contributed by atoms with Crippen molar-refractivity contribution < 1.29 is 0 Å². The molecule has 0 radical (unpaired) electrons. The van der Waals surface area contributed by atoms with E-state index in [0.717, 1.165) is 24.6 Å². The Bertz CT molecular complexity index is 462. The summed E-state index contributed by atoms with van der Waals surface area (Å²) in [6, 6.07) is 4.08. The molecular weight excluding hydrogens is 200 g/mol. The fourth-order valence-electron chi connectivity index (χ4n) is 1.70. The summed E-state index contributed by atoms with van der Waals surface area (Å²) in [5.74, 6) is 2.01. The van der Waals surface area contributed by atoms with Gasteiger partial charge < -0.3 is 9.88 Å². The normalized spacial score (nSPS) is 10.4. The zero-order valence-electron chi connectivity index (χ0n) is 9.64. The number of aryl methyl sites for hydroxylation is 1. The topological polar surface area (TPSA) is 42.7 Å². The van der Waals surface area contributed by atoms with E-state index in [1.54, 1.807) is 0 Å². The van der Waals surface area contributed by atoms with Crippen LogP contribution in [0.3, 0.4) is 0 Å². The van der Waals surface area contributed by atoms with Crippen molar-refractivity contribution in [2.45, 2.75) is 19.9 Å². The molecule has 4 nitrogen and oxygen atoms in total. The monoisotopic (exact) mass is 216 g/mol. The van der Waals surface area contributed by atoms with E-state index in [1.807, 2.05) is 31.7 Å². The first-order valence-electron chi connectivity index (χ1n) is 5.46. The van der Waals surface area contributed by atoms with Crippen LogP contribution >= 0.6 is 0 Å². The molecule has 2 aromatic heterocycles. The zero-order valence-corrected chi connectivity index (χ0v) is 9.64. The van der Waals surface area contributed by atoms with Gasteiger partial charge >= 0.3 is 0 Å². The highest BCUT2D eigenvalue weighted by molar-refractivity contribution is 5.36. The Labute approximate surface area is 95.4 Å². The minimum atomic E-state index is 0.848. The van der Waals surface area contributed by atoms with E-state index >= 15 is 0 Å². The first kappa shape index (κ1) is 10.7. The standard InChI is InChI=1S/C12H16N4/c1-3-12-15-6-7-16(12)9-10-4-5-14-11(8-10)13-2/h4-8H,3,9H2,1-2H3,(H,13,14). The lowest BCUT2D eigenvalue weighted by Gasteiger charge is -2.07. The fourth-order valence-corrected chi connectivity index (χ4v) is 1.70. The molecule has 1 N–H and O–H groups in total. The Hall–Kier alpha value is -1.84. The molecule has 0 fully saturated rings. The number of hydrogen-bond donors (Lipinski definition) is 1. The number of imidazole rings is 1. The van der Waals surface area contributed by atoms with E-state index in [1.165, 1.54) is 5.56 Å². The van der Waals surface area contributed by atoms with Gasteiger partial charge in [0.25, 0.3) is 0 Å². The van der Waals surface area contributed by atoms with E-state index < -0.39 is 0 Å². The maximum absolute atomic E-state index is 4.31. The molecule has 4 heteroatoms. The largest absolute Gasteiger partial charge is 0.373 e. The van der Waals surface area contributed by atoms with E-state index in [9.17, 15) is 0 Å². The van der Waals surface area contributed by atoms with Crippen LogP contribution in [-0.2, 0) is 13.0 Å². The summed E-state index contributed by atoms with van der Waals surface area (Å²) in [6.45, 7) is 2.96. The third kappa shape index (κ3) is 2.21. The highest BCUT2D eigenvalue weighted by Gasteiger charge is 2.01. The first-order chi connectivity index (χ1) is 7.83. The van der Waals surface area contributed by atoms with Crippen molar-refractivity contribution in [1.29, 1.82) is 0 Å². The van der Waals surface area contributed by atoms with E-state index in [4.69, 9.17) is 0 Å². The maximum Gasteiger partial charge on any atom is 0.125 e. The Morgan fingerprint density at radius 3 is 2.94 bits per heavy atom. The van der Waals surface area contributed by atoms with Gasteiger partial charge in [0.2, 0.25) is 0 Å². The van der Waals surface area contributed by atoms with Gasteiger partial charge in [-0.2, -0.15) is 0 Å². The van der Waals surface area contributed by atoms with Crippen LogP contribution in [-0.4, -0.2) is 21.6 Å². The van der Waals surface area contributed by atoms with E-state index in [2.05, 4.69) is 32.8 Å². The van der Waals surface area contributed by atoms with Gasteiger partial charge in [-0.3, -0.25) is 0 Å². The van der Waals surface area contributed by atoms with Crippen molar-refractivity contribution in [2.75, 3.05) is 12.4 Å². The van der Waals surface area contributed by atoms with Gasteiger partial charge in [-0.1, -0.05) is 6.92 Å². The van der Waals surface area contributed by atoms with Crippen molar-refractivity contribution in [3.8, 4) is 0 Å². The second-order valence-electron chi connectivity index (χ2n) is 3.62. The molecule has 0 aromatic carbocycles. The number of anilines is 1. The lowest BCUT2D eigenvalue weighted by Crippen LogP contribution is -2.04. The molecule has 0 saturated carbocycles. The molecule has 2 heterocycles. The second-order valence-corrected chi connectivity index (χ2v) is 3.62. The predicted molar refractivity (Wildman–Crippen MR) is 64.5 cm³/mol. The highest BCUT2D eigenvalue weighted by Crippen LogP contribution is 2.09. The van der Waals surface area contributed by atoms with Gasteiger partial charge in [0.05, 0.1) is 0 Å². The maximum atomic E-state index is 4.31. The van der Waals surface area contributed by atoms with Crippen LogP contribution in [0.25, 0.3) is 0 Å². The summed E-state index contributed by atoms with van der Waals surface area (Å²) in [5.41, 5.74) is 1.23. The third-order valence-electron chi connectivity index (χ3n) is 2.55. The average Bonchev–Trinajstić information content (AvgIpc) is 2.76. The smallest absolute Gasteiger partial charge is 0.125 e. The van der Waals surface area contributed by atoms with Gasteiger partial charge in [-0.05, 0) is 17.7 Å². The lowest BCUT2D eigenvalue weighted by atomic mass is 10.2. The van der Waals surface area contributed by atoms with Gasteiger partial charge in [0, 0.05) is 38.6 Å². The van der Waals surface area contributed by atoms with Crippen molar-refractivity contribution >= 4 is 5.82 Å². The molecule has 0 aliphatic rings. The molecule has 0 saturated heterocycles. The Morgan fingerprint density at radius 2 is 2.19 bits per heavy atom. The Kier molecular flexibility index (Phi) is 3.19. The molecule has 84 valence electrons.